The van der Waals surface area contributed by atoms with Crippen LogP contribution in [0.5, 0.6) is 0 Å². The minimum atomic E-state index is -0.512. The summed E-state index contributed by atoms with van der Waals surface area (Å²) in [5.41, 5.74) is 3.77. The lowest BCUT2D eigenvalue weighted by Gasteiger charge is -2.15. The number of ether oxygens (including phenoxy) is 1. The quantitative estimate of drug-likeness (QED) is 0.438. The Labute approximate surface area is 174 Å². The number of hydrogen-bond donors (Lipinski definition) is 1. The van der Waals surface area contributed by atoms with Gasteiger partial charge in [0.05, 0.1) is 23.9 Å². The first-order valence-corrected chi connectivity index (χ1v) is 10.1. The monoisotopic (exact) mass is 414 g/mol. The number of halogens is 1. The summed E-state index contributed by atoms with van der Waals surface area (Å²) in [7, 11) is 1.30. The standard InChI is InChI=1S/C22H23ClN2O4/c1-22-10-4-3-5-16(22)19(22)20(26)25-24-12-14-7-9-18(29-14)13-6-8-17(23)15(11-13)21(27)28-2/h6-9,11-12,16,19H,3-5,10H2,1-2H3,(H,25,26)/b24-12-/t16-,19-,22+/m0/s1. The number of benzene rings is 1. The maximum atomic E-state index is 12.4. The van der Waals surface area contributed by atoms with Crippen LogP contribution in [0, 0.1) is 17.3 Å². The number of methoxy groups -OCH3 is 1. The molecular formula is C22H23ClN2O4. The molecule has 0 unspecified atom stereocenters. The molecule has 0 bridgehead atoms. The Kier molecular flexibility index (Phi) is 5.21. The van der Waals surface area contributed by atoms with Crippen LogP contribution in [-0.2, 0) is 9.53 Å². The lowest BCUT2D eigenvalue weighted by atomic mass is 9.90. The van der Waals surface area contributed by atoms with Crippen molar-refractivity contribution in [2.75, 3.05) is 7.11 Å². The van der Waals surface area contributed by atoms with Gasteiger partial charge in [0.25, 0.3) is 0 Å². The molecule has 1 heterocycles. The minimum Gasteiger partial charge on any atom is -0.465 e. The number of nitrogens with zero attached hydrogens (tertiary/aromatic N) is 1. The molecule has 1 N–H and O–H groups in total. The average molecular weight is 415 g/mol. The van der Waals surface area contributed by atoms with E-state index in [9.17, 15) is 9.59 Å². The van der Waals surface area contributed by atoms with Crippen LogP contribution in [0.4, 0.5) is 0 Å². The maximum absolute atomic E-state index is 12.4. The number of nitrogens with one attached hydrogen (secondary N) is 1. The predicted octanol–water partition coefficient (Wildman–Crippen LogP) is 4.66. The van der Waals surface area contributed by atoms with Crippen LogP contribution in [0.2, 0.25) is 5.02 Å². The normalized spacial score (nSPS) is 25.5. The number of rotatable bonds is 5. The molecule has 0 spiro atoms. The lowest BCUT2D eigenvalue weighted by molar-refractivity contribution is -0.123. The van der Waals surface area contributed by atoms with E-state index in [0.29, 0.717) is 28.0 Å². The predicted molar refractivity (Wildman–Crippen MR) is 110 cm³/mol. The minimum absolute atomic E-state index is 0.0112. The molecule has 152 valence electrons. The zero-order valence-corrected chi connectivity index (χ0v) is 17.2. The zero-order valence-electron chi connectivity index (χ0n) is 16.4. The van der Waals surface area contributed by atoms with Gasteiger partial charge in [-0.15, -0.1) is 0 Å². The largest absolute Gasteiger partial charge is 0.465 e. The Hall–Kier alpha value is -2.60. The zero-order chi connectivity index (χ0) is 20.6. The molecule has 2 aliphatic rings. The second-order valence-electron chi connectivity index (χ2n) is 7.96. The van der Waals surface area contributed by atoms with E-state index >= 15 is 0 Å². The summed E-state index contributed by atoms with van der Waals surface area (Å²) in [5.74, 6) is 1.09. The summed E-state index contributed by atoms with van der Waals surface area (Å²) in [6, 6.07) is 8.51. The molecular weight excluding hydrogens is 392 g/mol. The van der Waals surface area contributed by atoms with Gasteiger partial charge in [-0.3, -0.25) is 4.79 Å². The molecule has 0 saturated heterocycles. The fourth-order valence-corrected chi connectivity index (χ4v) is 4.80. The SMILES string of the molecule is COC(=O)c1cc(-c2ccc(/C=N\NC(=O)[C@@H]3[C@@H]4CCCC[C@@]34C)o2)ccc1Cl. The fraction of sp³-hybridized carbons (Fsp3) is 0.409. The van der Waals surface area contributed by atoms with Crippen molar-refractivity contribution in [3.8, 4) is 11.3 Å². The molecule has 0 radical (unpaired) electrons. The summed E-state index contributed by atoms with van der Waals surface area (Å²) < 4.78 is 10.5. The molecule has 1 amide bonds. The van der Waals surface area contributed by atoms with Gasteiger partial charge in [-0.05, 0) is 54.5 Å². The van der Waals surface area contributed by atoms with Crippen molar-refractivity contribution >= 4 is 29.7 Å². The molecule has 3 atom stereocenters. The van der Waals surface area contributed by atoms with Gasteiger partial charge in [-0.25, -0.2) is 10.2 Å². The number of furan rings is 1. The highest BCUT2D eigenvalue weighted by Gasteiger charge is 2.64. The molecule has 4 rings (SSSR count). The molecule has 2 aliphatic carbocycles. The van der Waals surface area contributed by atoms with Crippen molar-refractivity contribution in [2.24, 2.45) is 22.4 Å². The number of fused-ring (bicyclic) bond motifs is 1. The summed E-state index contributed by atoms with van der Waals surface area (Å²) in [5, 5.41) is 4.37. The highest BCUT2D eigenvalue weighted by atomic mass is 35.5. The van der Waals surface area contributed by atoms with Crippen LogP contribution < -0.4 is 5.43 Å². The number of hydrogen-bond acceptors (Lipinski definition) is 5. The smallest absolute Gasteiger partial charge is 0.339 e. The van der Waals surface area contributed by atoms with Gasteiger partial charge >= 0.3 is 5.97 Å². The van der Waals surface area contributed by atoms with E-state index in [-0.39, 0.29) is 22.8 Å². The Morgan fingerprint density at radius 3 is 2.86 bits per heavy atom. The maximum Gasteiger partial charge on any atom is 0.339 e. The molecule has 1 aromatic heterocycles. The van der Waals surface area contributed by atoms with Gasteiger partial charge in [-0.2, -0.15) is 5.10 Å². The first-order valence-electron chi connectivity index (χ1n) is 9.75. The summed E-state index contributed by atoms with van der Waals surface area (Å²) in [4.78, 5) is 24.2. The van der Waals surface area contributed by atoms with Crippen LogP contribution in [-0.4, -0.2) is 25.2 Å². The summed E-state index contributed by atoms with van der Waals surface area (Å²) >= 11 is 6.05. The van der Waals surface area contributed by atoms with Crippen molar-refractivity contribution in [1.82, 2.24) is 5.43 Å². The molecule has 1 aromatic carbocycles. The van der Waals surface area contributed by atoms with Gasteiger partial charge in [0.1, 0.15) is 11.5 Å². The van der Waals surface area contributed by atoms with E-state index in [4.69, 9.17) is 20.8 Å². The lowest BCUT2D eigenvalue weighted by Crippen LogP contribution is -2.22. The second-order valence-corrected chi connectivity index (χ2v) is 8.37. The fourth-order valence-electron chi connectivity index (χ4n) is 4.60. The molecule has 2 saturated carbocycles. The number of carbonyl (C=O) groups excluding carboxylic acids is 2. The van der Waals surface area contributed by atoms with Crippen LogP contribution in [0.15, 0.2) is 39.9 Å². The van der Waals surface area contributed by atoms with E-state index in [1.54, 1.807) is 30.3 Å². The third-order valence-corrected chi connectivity index (χ3v) is 6.59. The van der Waals surface area contributed by atoms with Gasteiger partial charge in [0.15, 0.2) is 0 Å². The van der Waals surface area contributed by atoms with Crippen LogP contribution in [0.25, 0.3) is 11.3 Å². The first kappa shape index (κ1) is 19.7. The van der Waals surface area contributed by atoms with Gasteiger partial charge in [0.2, 0.25) is 5.91 Å². The highest BCUT2D eigenvalue weighted by Crippen LogP contribution is 2.66. The van der Waals surface area contributed by atoms with E-state index in [1.807, 2.05) is 0 Å². The van der Waals surface area contributed by atoms with E-state index in [0.717, 1.165) is 12.8 Å². The van der Waals surface area contributed by atoms with Crippen LogP contribution in [0.1, 0.15) is 48.7 Å². The molecule has 0 aliphatic heterocycles. The van der Waals surface area contributed by atoms with E-state index < -0.39 is 5.97 Å². The first-order chi connectivity index (χ1) is 13.9. The number of esters is 1. The highest BCUT2D eigenvalue weighted by molar-refractivity contribution is 6.33. The van der Waals surface area contributed by atoms with E-state index in [1.165, 1.54) is 26.2 Å². The number of carbonyl (C=O) groups is 2. The van der Waals surface area contributed by atoms with Crippen molar-refractivity contribution < 1.29 is 18.7 Å². The molecule has 2 fully saturated rings. The van der Waals surface area contributed by atoms with Gasteiger partial charge in [0, 0.05) is 11.5 Å². The van der Waals surface area contributed by atoms with Crippen molar-refractivity contribution in [2.45, 2.75) is 32.6 Å². The van der Waals surface area contributed by atoms with Crippen molar-refractivity contribution in [3.05, 3.63) is 46.7 Å². The molecule has 7 heteroatoms. The molecule has 6 nitrogen and oxygen atoms in total. The van der Waals surface area contributed by atoms with Crippen LogP contribution >= 0.6 is 11.6 Å². The van der Waals surface area contributed by atoms with E-state index in [2.05, 4.69) is 17.5 Å². The topological polar surface area (TPSA) is 80.9 Å². The third kappa shape index (κ3) is 3.69. The molecule has 29 heavy (non-hydrogen) atoms. The summed E-state index contributed by atoms with van der Waals surface area (Å²) in [6.45, 7) is 2.21. The van der Waals surface area contributed by atoms with Gasteiger partial charge < -0.3 is 9.15 Å². The second kappa shape index (κ2) is 7.67. The Morgan fingerprint density at radius 1 is 1.31 bits per heavy atom. The Morgan fingerprint density at radius 2 is 2.14 bits per heavy atom. The summed E-state index contributed by atoms with van der Waals surface area (Å²) in [6.07, 6.45) is 6.15. The Bertz CT molecular complexity index is 983. The Balaban J connectivity index is 1.41. The van der Waals surface area contributed by atoms with Crippen molar-refractivity contribution in [3.63, 3.8) is 0 Å². The number of hydrazone groups is 1. The molecule has 2 aromatic rings. The van der Waals surface area contributed by atoms with Crippen molar-refractivity contribution in [1.29, 1.82) is 0 Å². The van der Waals surface area contributed by atoms with Crippen LogP contribution in [0.3, 0.4) is 0 Å². The average Bonchev–Trinajstić information content (AvgIpc) is 3.08. The number of amides is 1. The van der Waals surface area contributed by atoms with Gasteiger partial charge in [-0.1, -0.05) is 31.4 Å². The third-order valence-electron chi connectivity index (χ3n) is 6.26.